The first-order valence-electron chi connectivity index (χ1n) is 4.62. The summed E-state index contributed by atoms with van der Waals surface area (Å²) in [5.41, 5.74) is 9.57. The molecule has 1 aliphatic carbocycles. The first-order valence-corrected chi connectivity index (χ1v) is 6.23. The van der Waals surface area contributed by atoms with Crippen LogP contribution in [0.2, 0.25) is 0 Å². The normalized spacial score (nSPS) is 14.9. The minimum absolute atomic E-state index is 0.949. The van der Waals surface area contributed by atoms with Crippen molar-refractivity contribution in [3.05, 3.63) is 21.1 Å². The number of pyridine rings is 1. The summed E-state index contributed by atoms with van der Waals surface area (Å²) in [6, 6.07) is 2.07. The van der Waals surface area contributed by atoms with Gasteiger partial charge in [-0.2, -0.15) is 0 Å². The van der Waals surface area contributed by atoms with Gasteiger partial charge < -0.3 is 5.73 Å². The van der Waals surface area contributed by atoms with Crippen LogP contribution in [-0.4, -0.2) is 4.98 Å². The van der Waals surface area contributed by atoms with E-state index in [2.05, 4.69) is 27.0 Å². The van der Waals surface area contributed by atoms with E-state index in [-0.39, 0.29) is 0 Å². The minimum atomic E-state index is 0.949. The Bertz CT molecular complexity index is 518. The molecule has 0 radical (unpaired) electrons. The van der Waals surface area contributed by atoms with Crippen molar-refractivity contribution < 1.29 is 0 Å². The second kappa shape index (κ2) is 2.94. The van der Waals surface area contributed by atoms with Gasteiger partial charge in [-0.05, 0) is 46.8 Å². The summed E-state index contributed by atoms with van der Waals surface area (Å²) in [6.45, 7) is 0. The third-order valence-electron chi connectivity index (χ3n) is 2.72. The summed E-state index contributed by atoms with van der Waals surface area (Å²) in [5.74, 6) is 0. The molecule has 2 heterocycles. The monoisotopic (exact) mass is 268 g/mol. The molecule has 0 saturated carbocycles. The number of anilines is 1. The van der Waals surface area contributed by atoms with Crippen molar-refractivity contribution in [2.45, 2.75) is 19.3 Å². The molecule has 0 amide bonds. The van der Waals surface area contributed by atoms with Crippen LogP contribution in [0.4, 0.5) is 5.69 Å². The summed E-state index contributed by atoms with van der Waals surface area (Å²) < 4.78 is 1.11. The first kappa shape index (κ1) is 8.68. The lowest BCUT2D eigenvalue weighted by molar-refractivity contribution is 0.902. The fourth-order valence-electron chi connectivity index (χ4n) is 2.05. The topological polar surface area (TPSA) is 38.9 Å². The lowest BCUT2D eigenvalue weighted by atomic mass is 10.1. The van der Waals surface area contributed by atoms with Gasteiger partial charge in [-0.15, -0.1) is 11.3 Å². The largest absolute Gasteiger partial charge is 0.398 e. The van der Waals surface area contributed by atoms with Crippen molar-refractivity contribution in [2.24, 2.45) is 0 Å². The van der Waals surface area contributed by atoms with E-state index in [1.54, 1.807) is 11.3 Å². The number of nitrogens with zero attached hydrogens (tertiary/aromatic N) is 1. The van der Waals surface area contributed by atoms with E-state index < -0.39 is 0 Å². The van der Waals surface area contributed by atoms with Gasteiger partial charge in [0.05, 0.1) is 3.79 Å². The Balaban J connectivity index is 2.42. The van der Waals surface area contributed by atoms with Gasteiger partial charge in [0.25, 0.3) is 0 Å². The van der Waals surface area contributed by atoms with E-state index in [9.17, 15) is 0 Å². The first-order chi connectivity index (χ1) is 6.75. The fourth-order valence-corrected chi connectivity index (χ4v) is 3.54. The van der Waals surface area contributed by atoms with E-state index in [1.807, 2.05) is 0 Å². The maximum absolute atomic E-state index is 6.13. The van der Waals surface area contributed by atoms with Crippen molar-refractivity contribution in [1.82, 2.24) is 4.98 Å². The van der Waals surface area contributed by atoms with Crippen LogP contribution in [0, 0.1) is 0 Å². The third-order valence-corrected chi connectivity index (χ3v) is 4.25. The Morgan fingerprint density at radius 2 is 2.29 bits per heavy atom. The van der Waals surface area contributed by atoms with Gasteiger partial charge in [0.2, 0.25) is 0 Å². The minimum Gasteiger partial charge on any atom is -0.398 e. The molecular weight excluding hydrogens is 260 g/mol. The molecular formula is C10H9BrN2S. The van der Waals surface area contributed by atoms with Crippen LogP contribution in [0.1, 0.15) is 17.7 Å². The van der Waals surface area contributed by atoms with Crippen LogP contribution < -0.4 is 5.73 Å². The lowest BCUT2D eigenvalue weighted by Crippen LogP contribution is -1.96. The van der Waals surface area contributed by atoms with Gasteiger partial charge in [-0.1, -0.05) is 0 Å². The average Bonchev–Trinajstić information content (AvgIpc) is 2.71. The van der Waals surface area contributed by atoms with Gasteiger partial charge in [0.1, 0.15) is 4.83 Å². The van der Waals surface area contributed by atoms with Gasteiger partial charge in [0.15, 0.2) is 0 Å². The van der Waals surface area contributed by atoms with Gasteiger partial charge in [-0.3, -0.25) is 0 Å². The smallest absolute Gasteiger partial charge is 0.126 e. The Kier molecular flexibility index (Phi) is 1.82. The van der Waals surface area contributed by atoms with Crippen molar-refractivity contribution in [3.63, 3.8) is 0 Å². The SMILES string of the molecule is Nc1c2c(nc3sc(Br)cc13)CCC2. The predicted octanol–water partition coefficient (Wildman–Crippen LogP) is 3.13. The molecule has 0 aromatic carbocycles. The molecule has 0 fully saturated rings. The van der Waals surface area contributed by atoms with E-state index in [0.29, 0.717) is 0 Å². The van der Waals surface area contributed by atoms with Crippen molar-refractivity contribution >= 4 is 43.2 Å². The molecule has 72 valence electrons. The highest BCUT2D eigenvalue weighted by molar-refractivity contribution is 9.11. The molecule has 0 atom stereocenters. The molecule has 2 nitrogen and oxygen atoms in total. The van der Waals surface area contributed by atoms with Crippen LogP contribution in [0.5, 0.6) is 0 Å². The van der Waals surface area contributed by atoms with Gasteiger partial charge >= 0.3 is 0 Å². The molecule has 0 unspecified atom stereocenters. The molecule has 14 heavy (non-hydrogen) atoms. The Hall–Kier alpha value is -0.610. The zero-order chi connectivity index (χ0) is 9.71. The predicted molar refractivity (Wildman–Crippen MR) is 63.8 cm³/mol. The molecule has 2 aromatic rings. The standard InChI is InChI=1S/C10H9BrN2S/c11-8-4-6-9(12)5-2-1-3-7(5)13-10(6)14-8/h4H,1-3H2,(H2,12,13). The Labute approximate surface area is 94.3 Å². The summed E-state index contributed by atoms with van der Waals surface area (Å²) in [5, 5.41) is 1.11. The van der Waals surface area contributed by atoms with Crippen LogP contribution in [0.25, 0.3) is 10.2 Å². The lowest BCUT2D eigenvalue weighted by Gasteiger charge is -2.03. The fraction of sp³-hybridized carbons (Fsp3) is 0.300. The molecule has 0 bridgehead atoms. The maximum atomic E-state index is 6.13. The summed E-state index contributed by atoms with van der Waals surface area (Å²) >= 11 is 5.13. The number of rotatable bonds is 0. The summed E-state index contributed by atoms with van der Waals surface area (Å²) in [6.07, 6.45) is 3.38. The Morgan fingerprint density at radius 1 is 1.43 bits per heavy atom. The molecule has 2 N–H and O–H groups in total. The second-order valence-corrected chi connectivity index (χ2v) is 5.98. The van der Waals surface area contributed by atoms with E-state index in [0.717, 1.165) is 32.5 Å². The summed E-state index contributed by atoms with van der Waals surface area (Å²) in [4.78, 5) is 5.71. The van der Waals surface area contributed by atoms with Crippen molar-refractivity contribution in [3.8, 4) is 0 Å². The number of fused-ring (bicyclic) bond motifs is 2. The molecule has 0 spiro atoms. The Morgan fingerprint density at radius 3 is 3.14 bits per heavy atom. The van der Waals surface area contributed by atoms with Crippen LogP contribution in [0.15, 0.2) is 9.85 Å². The van der Waals surface area contributed by atoms with Crippen LogP contribution >= 0.6 is 27.3 Å². The zero-order valence-corrected chi connectivity index (χ0v) is 9.91. The highest BCUT2D eigenvalue weighted by Gasteiger charge is 2.18. The average molecular weight is 269 g/mol. The number of aryl methyl sites for hydroxylation is 1. The quantitative estimate of drug-likeness (QED) is 0.798. The van der Waals surface area contributed by atoms with Crippen LogP contribution in [0.3, 0.4) is 0 Å². The molecule has 0 saturated heterocycles. The van der Waals surface area contributed by atoms with E-state index in [1.165, 1.54) is 17.7 Å². The number of thiophene rings is 1. The summed E-state index contributed by atoms with van der Waals surface area (Å²) in [7, 11) is 0. The van der Waals surface area contributed by atoms with Crippen molar-refractivity contribution in [1.29, 1.82) is 0 Å². The zero-order valence-electron chi connectivity index (χ0n) is 7.51. The van der Waals surface area contributed by atoms with Gasteiger partial charge in [0, 0.05) is 16.8 Å². The number of hydrogen-bond acceptors (Lipinski definition) is 3. The maximum Gasteiger partial charge on any atom is 0.126 e. The second-order valence-electron chi connectivity index (χ2n) is 3.57. The number of hydrogen-bond donors (Lipinski definition) is 1. The number of nitrogen functional groups attached to an aromatic ring is 1. The number of nitrogens with two attached hydrogens (primary N) is 1. The van der Waals surface area contributed by atoms with Crippen molar-refractivity contribution in [2.75, 3.05) is 5.73 Å². The molecule has 0 aliphatic heterocycles. The molecule has 2 aromatic heterocycles. The highest BCUT2D eigenvalue weighted by Crippen LogP contribution is 2.37. The molecule has 1 aliphatic rings. The van der Waals surface area contributed by atoms with Gasteiger partial charge in [-0.25, -0.2) is 4.98 Å². The molecule has 3 rings (SSSR count). The van der Waals surface area contributed by atoms with E-state index in [4.69, 9.17) is 5.73 Å². The molecule has 4 heteroatoms. The number of aromatic nitrogens is 1. The van der Waals surface area contributed by atoms with Crippen LogP contribution in [-0.2, 0) is 12.8 Å². The van der Waals surface area contributed by atoms with E-state index >= 15 is 0 Å². The third kappa shape index (κ3) is 1.10. The number of halogens is 1. The highest BCUT2D eigenvalue weighted by atomic mass is 79.9.